The fraction of sp³-hybridized carbons (Fsp3) is 0.111. The number of carbonyl (C=O) groups is 1. The van der Waals surface area contributed by atoms with Crippen LogP contribution in [-0.4, -0.2) is 15.5 Å². The molecule has 6 heteroatoms. The highest BCUT2D eigenvalue weighted by Crippen LogP contribution is 2.38. The highest BCUT2D eigenvalue weighted by molar-refractivity contribution is 5.94. The van der Waals surface area contributed by atoms with Gasteiger partial charge in [0.15, 0.2) is 0 Å². The summed E-state index contributed by atoms with van der Waals surface area (Å²) in [7, 11) is 0. The van der Waals surface area contributed by atoms with Crippen LogP contribution < -0.4 is 5.32 Å². The van der Waals surface area contributed by atoms with Crippen molar-refractivity contribution in [2.24, 2.45) is 0 Å². The van der Waals surface area contributed by atoms with E-state index in [2.05, 4.69) is 10.3 Å². The lowest BCUT2D eigenvalue weighted by Crippen LogP contribution is -2.25. The van der Waals surface area contributed by atoms with Gasteiger partial charge in [-0.2, -0.15) is 0 Å². The number of aromatic nitrogens is 2. The van der Waals surface area contributed by atoms with Crippen molar-refractivity contribution in [2.45, 2.75) is 12.3 Å². The largest absolute Gasteiger partial charge is 0.310 e. The van der Waals surface area contributed by atoms with Crippen molar-refractivity contribution in [1.29, 1.82) is 0 Å². The predicted octanol–water partition coefficient (Wildman–Crippen LogP) is 3.62. The van der Waals surface area contributed by atoms with Gasteiger partial charge in [-0.15, -0.1) is 0 Å². The molecule has 0 bridgehead atoms. The van der Waals surface area contributed by atoms with Crippen molar-refractivity contribution in [1.82, 2.24) is 9.55 Å². The number of para-hydroxylation sites is 1. The third-order valence-corrected chi connectivity index (χ3v) is 4.17. The second-order valence-electron chi connectivity index (χ2n) is 5.63. The summed E-state index contributed by atoms with van der Waals surface area (Å²) < 4.78 is 29.7. The highest BCUT2D eigenvalue weighted by atomic mass is 19.1. The summed E-state index contributed by atoms with van der Waals surface area (Å²) in [6.45, 7) is 0. The van der Waals surface area contributed by atoms with Crippen molar-refractivity contribution in [3.05, 3.63) is 77.8 Å². The molecule has 1 atom stereocenters. The molecule has 0 radical (unpaired) electrons. The van der Waals surface area contributed by atoms with Crippen LogP contribution in [0, 0.1) is 11.6 Å². The maximum Gasteiger partial charge on any atom is 0.226 e. The van der Waals surface area contributed by atoms with Gasteiger partial charge in [0.1, 0.15) is 23.8 Å². The first kappa shape index (κ1) is 14.6. The summed E-state index contributed by atoms with van der Waals surface area (Å²) >= 11 is 0. The first-order valence-corrected chi connectivity index (χ1v) is 7.51. The molecule has 1 N–H and O–H groups in total. The molecule has 0 fully saturated rings. The maximum absolute atomic E-state index is 14.2. The molecule has 3 aromatic rings. The summed E-state index contributed by atoms with van der Waals surface area (Å²) in [5.74, 6) is -1.19. The topological polar surface area (TPSA) is 46.9 Å². The zero-order chi connectivity index (χ0) is 16.7. The number of imidazole rings is 1. The van der Waals surface area contributed by atoms with Crippen LogP contribution in [-0.2, 0) is 4.79 Å². The lowest BCUT2D eigenvalue weighted by molar-refractivity contribution is -0.116. The SMILES string of the molecule is O=C1C[C@H](c2ccccc2F)c2ncn(-c3ccccc3F)c2N1. The van der Waals surface area contributed by atoms with Gasteiger partial charge in [-0.25, -0.2) is 13.8 Å². The van der Waals surface area contributed by atoms with Crippen LogP contribution in [0.3, 0.4) is 0 Å². The molecule has 1 aromatic heterocycles. The van der Waals surface area contributed by atoms with Gasteiger partial charge in [-0.05, 0) is 23.8 Å². The van der Waals surface area contributed by atoms with Crippen LogP contribution >= 0.6 is 0 Å². The van der Waals surface area contributed by atoms with Crippen molar-refractivity contribution >= 4 is 11.7 Å². The van der Waals surface area contributed by atoms with E-state index in [1.54, 1.807) is 36.4 Å². The molecular weight excluding hydrogens is 312 g/mol. The van der Waals surface area contributed by atoms with Crippen LogP contribution in [0.15, 0.2) is 54.9 Å². The van der Waals surface area contributed by atoms with E-state index >= 15 is 0 Å². The Morgan fingerprint density at radius 1 is 1.04 bits per heavy atom. The second-order valence-corrected chi connectivity index (χ2v) is 5.63. The Hall–Kier alpha value is -3.02. The lowest BCUT2D eigenvalue weighted by Gasteiger charge is -2.23. The highest BCUT2D eigenvalue weighted by Gasteiger charge is 2.32. The number of nitrogens with zero attached hydrogens (tertiary/aromatic N) is 2. The van der Waals surface area contributed by atoms with Crippen molar-refractivity contribution in [2.75, 3.05) is 5.32 Å². The molecule has 1 amide bonds. The summed E-state index contributed by atoms with van der Waals surface area (Å²) in [6, 6.07) is 12.5. The van der Waals surface area contributed by atoms with Gasteiger partial charge in [0.2, 0.25) is 5.91 Å². The minimum Gasteiger partial charge on any atom is -0.310 e. The molecule has 4 rings (SSSR count). The van der Waals surface area contributed by atoms with Crippen molar-refractivity contribution < 1.29 is 13.6 Å². The number of nitrogens with one attached hydrogen (secondary N) is 1. The number of hydrogen-bond acceptors (Lipinski definition) is 2. The fourth-order valence-electron chi connectivity index (χ4n) is 3.05. The van der Waals surface area contributed by atoms with E-state index in [1.165, 1.54) is 23.0 Å². The molecule has 2 heterocycles. The van der Waals surface area contributed by atoms with Gasteiger partial charge < -0.3 is 5.32 Å². The Bertz CT molecular complexity index is 936. The average molecular weight is 325 g/mol. The van der Waals surface area contributed by atoms with E-state index in [4.69, 9.17) is 0 Å². The predicted molar refractivity (Wildman–Crippen MR) is 85.0 cm³/mol. The van der Waals surface area contributed by atoms with Crippen LogP contribution in [0.25, 0.3) is 5.69 Å². The van der Waals surface area contributed by atoms with E-state index < -0.39 is 11.7 Å². The first-order valence-electron chi connectivity index (χ1n) is 7.51. The molecular formula is C18H13F2N3O. The Labute approximate surface area is 136 Å². The quantitative estimate of drug-likeness (QED) is 0.782. The van der Waals surface area contributed by atoms with E-state index in [0.29, 0.717) is 17.1 Å². The van der Waals surface area contributed by atoms with Gasteiger partial charge in [-0.3, -0.25) is 9.36 Å². The molecule has 1 aliphatic heterocycles. The second kappa shape index (κ2) is 5.56. The summed E-state index contributed by atoms with van der Waals surface area (Å²) in [5.41, 5.74) is 1.22. The molecule has 120 valence electrons. The minimum absolute atomic E-state index is 0.0994. The molecule has 2 aromatic carbocycles. The smallest absolute Gasteiger partial charge is 0.226 e. The molecule has 24 heavy (non-hydrogen) atoms. The van der Waals surface area contributed by atoms with Crippen LogP contribution in [0.4, 0.5) is 14.6 Å². The molecule has 0 aliphatic carbocycles. The number of benzene rings is 2. The number of rotatable bonds is 2. The Morgan fingerprint density at radius 2 is 1.75 bits per heavy atom. The molecule has 0 spiro atoms. The third kappa shape index (κ3) is 2.27. The van der Waals surface area contributed by atoms with Gasteiger partial charge in [0.05, 0.1) is 11.4 Å². The monoisotopic (exact) mass is 325 g/mol. The standard InChI is InChI=1S/C18H13F2N3O/c19-13-6-2-1-5-11(13)12-9-16(24)22-18-17(12)21-10-23(18)15-8-4-3-7-14(15)20/h1-8,10,12H,9H2,(H,22,24)/t12-/m1/s1. The number of halogens is 2. The molecule has 0 saturated heterocycles. The molecule has 1 aliphatic rings. The van der Waals surface area contributed by atoms with Crippen molar-refractivity contribution in [3.63, 3.8) is 0 Å². The number of carbonyl (C=O) groups excluding carboxylic acids is 1. The number of fused-ring (bicyclic) bond motifs is 1. The zero-order valence-corrected chi connectivity index (χ0v) is 12.5. The van der Waals surface area contributed by atoms with Gasteiger partial charge in [0.25, 0.3) is 0 Å². The minimum atomic E-state index is -0.497. The molecule has 4 nitrogen and oxygen atoms in total. The van der Waals surface area contributed by atoms with Gasteiger partial charge >= 0.3 is 0 Å². The van der Waals surface area contributed by atoms with E-state index in [-0.39, 0.29) is 23.8 Å². The number of hydrogen-bond donors (Lipinski definition) is 1. The summed E-state index contributed by atoms with van der Waals surface area (Å²) in [6.07, 6.45) is 1.55. The van der Waals surface area contributed by atoms with E-state index in [0.717, 1.165) is 0 Å². The van der Waals surface area contributed by atoms with Crippen LogP contribution in [0.2, 0.25) is 0 Å². The average Bonchev–Trinajstić information content (AvgIpc) is 2.99. The van der Waals surface area contributed by atoms with Crippen LogP contribution in [0.1, 0.15) is 23.6 Å². The van der Waals surface area contributed by atoms with Crippen molar-refractivity contribution in [3.8, 4) is 5.69 Å². The van der Waals surface area contributed by atoms with Gasteiger partial charge in [0, 0.05) is 12.3 Å². The normalized spacial score (nSPS) is 16.6. The lowest BCUT2D eigenvalue weighted by atomic mass is 9.89. The summed E-state index contributed by atoms with van der Waals surface area (Å²) in [5, 5.41) is 2.73. The van der Waals surface area contributed by atoms with Gasteiger partial charge in [-0.1, -0.05) is 30.3 Å². The third-order valence-electron chi connectivity index (χ3n) is 4.17. The number of amides is 1. The molecule has 0 saturated carbocycles. The number of anilines is 1. The fourth-order valence-corrected chi connectivity index (χ4v) is 3.05. The Kier molecular flexibility index (Phi) is 3.37. The Morgan fingerprint density at radius 3 is 2.50 bits per heavy atom. The summed E-state index contributed by atoms with van der Waals surface area (Å²) in [4.78, 5) is 16.4. The molecule has 0 unspecified atom stereocenters. The van der Waals surface area contributed by atoms with Crippen LogP contribution in [0.5, 0.6) is 0 Å². The first-order chi connectivity index (χ1) is 11.6. The zero-order valence-electron chi connectivity index (χ0n) is 12.5. The van der Waals surface area contributed by atoms with E-state index in [9.17, 15) is 13.6 Å². The maximum atomic E-state index is 14.2. The van der Waals surface area contributed by atoms with E-state index in [1.807, 2.05) is 0 Å². The Balaban J connectivity index is 1.87.